The van der Waals surface area contributed by atoms with Gasteiger partial charge in [0.15, 0.2) is 0 Å². The van der Waals surface area contributed by atoms with Gasteiger partial charge in [0, 0.05) is 6.04 Å². The van der Waals surface area contributed by atoms with Crippen LogP contribution in [0, 0.1) is 16.7 Å². The normalized spacial score (nSPS) is 15.3. The van der Waals surface area contributed by atoms with Crippen molar-refractivity contribution in [2.75, 3.05) is 12.3 Å². The Hall–Kier alpha value is -2.22. The summed E-state index contributed by atoms with van der Waals surface area (Å²) in [6.07, 6.45) is 4.46. The van der Waals surface area contributed by atoms with E-state index in [0.717, 1.165) is 12.8 Å². The first-order valence-corrected chi connectivity index (χ1v) is 7.66. The fraction of sp³-hybridized carbons (Fsp3) is 0.529. The fourth-order valence-corrected chi connectivity index (χ4v) is 2.56. The van der Waals surface area contributed by atoms with E-state index in [2.05, 4.69) is 5.32 Å². The Morgan fingerprint density at radius 3 is 2.77 bits per heavy atom. The molecular weight excluding hydrogens is 278 g/mol. The van der Waals surface area contributed by atoms with Gasteiger partial charge < -0.3 is 15.8 Å². The van der Waals surface area contributed by atoms with Gasteiger partial charge in [-0.15, -0.1) is 0 Å². The van der Waals surface area contributed by atoms with E-state index >= 15 is 0 Å². The van der Waals surface area contributed by atoms with Crippen molar-refractivity contribution in [3.63, 3.8) is 0 Å². The number of ether oxygens (including phenoxy) is 1. The molecule has 0 aliphatic heterocycles. The number of nitrogens with zero attached hydrogens (tertiary/aromatic N) is 1. The molecule has 0 aromatic heterocycles. The number of nitrogens with two attached hydrogens (primary N) is 1. The van der Waals surface area contributed by atoms with Gasteiger partial charge in [-0.25, -0.2) is 0 Å². The number of anilines is 1. The first-order valence-electron chi connectivity index (χ1n) is 7.66. The Morgan fingerprint density at radius 2 is 2.14 bits per heavy atom. The van der Waals surface area contributed by atoms with E-state index in [9.17, 15) is 4.79 Å². The number of amides is 1. The number of nitrogen functional groups attached to an aromatic ring is 1. The smallest absolute Gasteiger partial charge is 0.229 e. The van der Waals surface area contributed by atoms with Crippen LogP contribution >= 0.6 is 0 Å². The fourth-order valence-electron chi connectivity index (χ4n) is 2.56. The summed E-state index contributed by atoms with van der Waals surface area (Å²) in [7, 11) is 0. The molecule has 3 N–H and O–H groups in total. The Labute approximate surface area is 131 Å². The van der Waals surface area contributed by atoms with Crippen molar-refractivity contribution in [2.24, 2.45) is 5.41 Å². The van der Waals surface area contributed by atoms with Crippen molar-refractivity contribution in [2.45, 2.75) is 45.6 Å². The average Bonchev–Trinajstić information content (AvgIpc) is 2.98. The summed E-state index contributed by atoms with van der Waals surface area (Å²) in [5.41, 5.74) is 5.79. The highest BCUT2D eigenvalue weighted by molar-refractivity contribution is 5.82. The van der Waals surface area contributed by atoms with Crippen LogP contribution in [0.4, 0.5) is 5.69 Å². The van der Waals surface area contributed by atoms with Gasteiger partial charge in [-0.3, -0.25) is 4.79 Å². The van der Waals surface area contributed by atoms with Crippen molar-refractivity contribution in [3.05, 3.63) is 23.8 Å². The molecular formula is C17H23N3O2. The Morgan fingerprint density at radius 1 is 1.45 bits per heavy atom. The summed E-state index contributed by atoms with van der Waals surface area (Å²) < 4.78 is 5.70. The maximum Gasteiger partial charge on any atom is 0.229 e. The van der Waals surface area contributed by atoms with Crippen molar-refractivity contribution >= 4 is 11.6 Å². The number of nitriles is 1. The molecule has 2 rings (SSSR count). The summed E-state index contributed by atoms with van der Waals surface area (Å²) >= 11 is 0. The predicted octanol–water partition coefficient (Wildman–Crippen LogP) is 2.60. The van der Waals surface area contributed by atoms with Gasteiger partial charge >= 0.3 is 0 Å². The SMILES string of the molecule is CC(C)(COc1cccc(N)c1C#N)C(=O)NC1CCCC1. The molecule has 1 aromatic carbocycles. The lowest BCUT2D eigenvalue weighted by molar-refractivity contribution is -0.131. The summed E-state index contributed by atoms with van der Waals surface area (Å²) in [4.78, 5) is 12.4. The van der Waals surface area contributed by atoms with E-state index in [0.29, 0.717) is 17.0 Å². The number of nitrogens with one attached hydrogen (secondary N) is 1. The lowest BCUT2D eigenvalue weighted by atomic mass is 9.93. The van der Waals surface area contributed by atoms with Crippen LogP contribution in [-0.4, -0.2) is 18.6 Å². The summed E-state index contributed by atoms with van der Waals surface area (Å²) in [5.74, 6) is 0.408. The second kappa shape index (κ2) is 6.69. The van der Waals surface area contributed by atoms with Gasteiger partial charge in [-0.1, -0.05) is 18.9 Å². The number of hydrogen-bond donors (Lipinski definition) is 2. The standard InChI is InChI=1S/C17H23N3O2/c1-17(2,16(21)20-12-6-3-4-7-12)11-22-15-9-5-8-14(19)13(15)10-18/h5,8-9,12H,3-4,6-7,11,19H2,1-2H3,(H,20,21). The van der Waals surface area contributed by atoms with Crippen LogP contribution in [-0.2, 0) is 4.79 Å². The highest BCUT2D eigenvalue weighted by Gasteiger charge is 2.31. The Balaban J connectivity index is 1.98. The zero-order chi connectivity index (χ0) is 16.2. The molecule has 1 fully saturated rings. The van der Waals surface area contributed by atoms with E-state index < -0.39 is 5.41 Å². The topological polar surface area (TPSA) is 88.1 Å². The molecule has 1 amide bonds. The van der Waals surface area contributed by atoms with Gasteiger partial charge in [-0.05, 0) is 38.8 Å². The zero-order valence-corrected chi connectivity index (χ0v) is 13.2. The van der Waals surface area contributed by atoms with Crippen LogP contribution in [0.3, 0.4) is 0 Å². The lowest BCUT2D eigenvalue weighted by Gasteiger charge is -2.26. The molecule has 0 saturated heterocycles. The van der Waals surface area contributed by atoms with Crippen LogP contribution in [0.25, 0.3) is 0 Å². The molecule has 5 nitrogen and oxygen atoms in total. The third kappa shape index (κ3) is 3.70. The van der Waals surface area contributed by atoms with Crippen LogP contribution < -0.4 is 15.8 Å². The molecule has 0 atom stereocenters. The molecule has 1 aliphatic carbocycles. The second-order valence-electron chi connectivity index (χ2n) is 6.46. The van der Waals surface area contributed by atoms with E-state index in [1.165, 1.54) is 12.8 Å². The molecule has 0 heterocycles. The highest BCUT2D eigenvalue weighted by Crippen LogP contribution is 2.26. The van der Waals surface area contributed by atoms with E-state index in [1.807, 2.05) is 19.9 Å². The average molecular weight is 301 g/mol. The van der Waals surface area contributed by atoms with E-state index in [1.54, 1.807) is 18.2 Å². The largest absolute Gasteiger partial charge is 0.491 e. The van der Waals surface area contributed by atoms with Gasteiger partial charge in [0.1, 0.15) is 24.0 Å². The molecule has 1 aromatic rings. The van der Waals surface area contributed by atoms with Crippen LogP contribution in [0.5, 0.6) is 5.75 Å². The monoisotopic (exact) mass is 301 g/mol. The number of benzene rings is 1. The first kappa shape index (κ1) is 16.2. The summed E-state index contributed by atoms with van der Waals surface area (Å²) in [5, 5.41) is 12.2. The second-order valence-corrected chi connectivity index (χ2v) is 6.46. The highest BCUT2D eigenvalue weighted by atomic mass is 16.5. The minimum absolute atomic E-state index is 0.0122. The molecule has 0 unspecified atom stereocenters. The molecule has 1 saturated carbocycles. The summed E-state index contributed by atoms with van der Waals surface area (Å²) in [6, 6.07) is 7.41. The third-order valence-corrected chi connectivity index (χ3v) is 4.06. The Bertz CT molecular complexity index is 584. The third-order valence-electron chi connectivity index (χ3n) is 4.06. The van der Waals surface area contributed by atoms with Crippen LogP contribution in [0.15, 0.2) is 18.2 Å². The molecule has 0 radical (unpaired) electrons. The van der Waals surface area contributed by atoms with E-state index in [4.69, 9.17) is 15.7 Å². The van der Waals surface area contributed by atoms with Gasteiger partial charge in [-0.2, -0.15) is 5.26 Å². The molecule has 118 valence electrons. The summed E-state index contributed by atoms with van der Waals surface area (Å²) in [6.45, 7) is 3.88. The maximum absolute atomic E-state index is 12.4. The minimum atomic E-state index is -0.667. The maximum atomic E-state index is 12.4. The van der Waals surface area contributed by atoms with Crippen molar-refractivity contribution in [1.82, 2.24) is 5.32 Å². The van der Waals surface area contributed by atoms with Crippen LogP contribution in [0.1, 0.15) is 45.1 Å². The van der Waals surface area contributed by atoms with E-state index in [-0.39, 0.29) is 18.6 Å². The molecule has 1 aliphatic rings. The quantitative estimate of drug-likeness (QED) is 0.818. The number of carbonyl (C=O) groups is 1. The van der Waals surface area contributed by atoms with Crippen molar-refractivity contribution < 1.29 is 9.53 Å². The predicted molar refractivity (Wildman–Crippen MR) is 85.2 cm³/mol. The van der Waals surface area contributed by atoms with Gasteiger partial charge in [0.25, 0.3) is 0 Å². The number of hydrogen-bond acceptors (Lipinski definition) is 4. The molecule has 0 bridgehead atoms. The molecule has 5 heteroatoms. The van der Waals surface area contributed by atoms with Gasteiger partial charge in [0.05, 0.1) is 11.1 Å². The first-order chi connectivity index (χ1) is 10.4. The van der Waals surface area contributed by atoms with Gasteiger partial charge in [0.2, 0.25) is 5.91 Å². The number of carbonyl (C=O) groups excluding carboxylic acids is 1. The molecule has 22 heavy (non-hydrogen) atoms. The minimum Gasteiger partial charge on any atom is -0.491 e. The lowest BCUT2D eigenvalue weighted by Crippen LogP contribution is -2.44. The molecule has 0 spiro atoms. The Kier molecular flexibility index (Phi) is 4.92. The van der Waals surface area contributed by atoms with Crippen molar-refractivity contribution in [1.29, 1.82) is 5.26 Å². The zero-order valence-electron chi connectivity index (χ0n) is 13.2. The van der Waals surface area contributed by atoms with Crippen molar-refractivity contribution in [3.8, 4) is 11.8 Å². The number of rotatable bonds is 5. The van der Waals surface area contributed by atoms with Crippen LogP contribution in [0.2, 0.25) is 0 Å².